The van der Waals surface area contributed by atoms with Crippen LogP contribution in [0.2, 0.25) is 0 Å². The smallest absolute Gasteiger partial charge is 0.115 e. The zero-order valence-electron chi connectivity index (χ0n) is 13.5. The van der Waals surface area contributed by atoms with Crippen molar-refractivity contribution in [2.45, 2.75) is 37.6 Å². The highest BCUT2D eigenvalue weighted by atomic mass is 16.6. The van der Waals surface area contributed by atoms with Crippen molar-refractivity contribution in [1.29, 1.82) is 0 Å². The van der Waals surface area contributed by atoms with Gasteiger partial charge in [-0.15, -0.1) is 0 Å². The van der Waals surface area contributed by atoms with E-state index in [-0.39, 0.29) is 24.4 Å². The van der Waals surface area contributed by atoms with Crippen molar-refractivity contribution in [1.82, 2.24) is 0 Å². The Kier molecular flexibility index (Phi) is 4.90. The van der Waals surface area contributed by atoms with E-state index in [0.717, 1.165) is 24.3 Å². The standard InChI is InChI=1S/C20H22O4/c1-3-7-15(8-4-1)11-23-19(17-13-21-17)20(18-14-22-18)24-12-16-9-5-2-6-10-16/h1-10,17-20H,11-14H2/t17-,18-,19-,20-/m1/s1. The summed E-state index contributed by atoms with van der Waals surface area (Å²) in [5.41, 5.74) is 2.31. The summed E-state index contributed by atoms with van der Waals surface area (Å²) in [5, 5.41) is 0. The van der Waals surface area contributed by atoms with E-state index in [1.165, 1.54) is 0 Å². The van der Waals surface area contributed by atoms with Crippen LogP contribution in [-0.4, -0.2) is 37.6 Å². The molecule has 2 heterocycles. The van der Waals surface area contributed by atoms with Crippen LogP contribution in [0, 0.1) is 0 Å². The van der Waals surface area contributed by atoms with Gasteiger partial charge in [0.05, 0.1) is 26.4 Å². The first kappa shape index (κ1) is 15.8. The van der Waals surface area contributed by atoms with Gasteiger partial charge in [0.1, 0.15) is 24.4 Å². The molecule has 0 radical (unpaired) electrons. The summed E-state index contributed by atoms with van der Waals surface area (Å²) in [6.07, 6.45) is 0.0280. The molecule has 2 aromatic carbocycles. The number of hydrogen-bond donors (Lipinski definition) is 0. The first-order valence-corrected chi connectivity index (χ1v) is 8.44. The van der Waals surface area contributed by atoms with Crippen LogP contribution in [0.3, 0.4) is 0 Å². The highest BCUT2D eigenvalue weighted by Crippen LogP contribution is 2.30. The molecule has 2 fully saturated rings. The van der Waals surface area contributed by atoms with E-state index >= 15 is 0 Å². The molecular formula is C20H22O4. The van der Waals surface area contributed by atoms with Crippen LogP contribution in [-0.2, 0) is 32.2 Å². The maximum absolute atomic E-state index is 6.17. The van der Waals surface area contributed by atoms with E-state index in [2.05, 4.69) is 24.3 Å². The highest BCUT2D eigenvalue weighted by Gasteiger charge is 2.47. The molecule has 2 saturated heterocycles. The fourth-order valence-electron chi connectivity index (χ4n) is 2.85. The SMILES string of the molecule is c1ccc(CO[C@@H]([C@H](OCc2ccccc2)[C@H]2CO2)[C@H]2CO2)cc1. The maximum atomic E-state index is 6.17. The van der Waals surface area contributed by atoms with Crippen LogP contribution in [0.1, 0.15) is 11.1 Å². The third-order valence-electron chi connectivity index (χ3n) is 4.35. The Hall–Kier alpha value is -1.72. The van der Waals surface area contributed by atoms with Crippen LogP contribution >= 0.6 is 0 Å². The van der Waals surface area contributed by atoms with Crippen LogP contribution in [0.15, 0.2) is 60.7 Å². The summed E-state index contributed by atoms with van der Waals surface area (Å²) in [6, 6.07) is 20.4. The summed E-state index contributed by atoms with van der Waals surface area (Å²) >= 11 is 0. The van der Waals surface area contributed by atoms with E-state index in [9.17, 15) is 0 Å². The third-order valence-corrected chi connectivity index (χ3v) is 4.35. The normalized spacial score (nSPS) is 24.3. The zero-order valence-corrected chi connectivity index (χ0v) is 13.5. The summed E-state index contributed by atoms with van der Waals surface area (Å²) in [7, 11) is 0. The van der Waals surface area contributed by atoms with Crippen molar-refractivity contribution < 1.29 is 18.9 Å². The van der Waals surface area contributed by atoms with Crippen molar-refractivity contribution in [2.24, 2.45) is 0 Å². The number of epoxide rings is 2. The molecule has 0 spiro atoms. The fourth-order valence-corrected chi connectivity index (χ4v) is 2.85. The molecule has 4 rings (SSSR count). The predicted molar refractivity (Wildman–Crippen MR) is 89.5 cm³/mol. The van der Waals surface area contributed by atoms with Gasteiger partial charge < -0.3 is 18.9 Å². The Labute approximate surface area is 142 Å². The summed E-state index contributed by atoms with van der Waals surface area (Å²) in [4.78, 5) is 0. The lowest BCUT2D eigenvalue weighted by Crippen LogP contribution is -2.40. The molecule has 0 aliphatic carbocycles. The van der Waals surface area contributed by atoms with Gasteiger partial charge in [-0.25, -0.2) is 0 Å². The van der Waals surface area contributed by atoms with Crippen LogP contribution < -0.4 is 0 Å². The second-order valence-corrected chi connectivity index (χ2v) is 6.27. The Balaban J connectivity index is 1.39. The molecule has 2 aliphatic rings. The minimum absolute atomic E-state index is 0.0959. The largest absolute Gasteiger partial charge is 0.370 e. The molecule has 2 aliphatic heterocycles. The Morgan fingerprint density at radius 2 is 1.08 bits per heavy atom. The Morgan fingerprint density at radius 1 is 0.708 bits per heavy atom. The average molecular weight is 326 g/mol. The molecule has 0 amide bonds. The Morgan fingerprint density at radius 3 is 1.42 bits per heavy atom. The third kappa shape index (κ3) is 4.22. The second-order valence-electron chi connectivity index (χ2n) is 6.27. The molecule has 4 nitrogen and oxygen atoms in total. The predicted octanol–water partition coefficient (Wildman–Crippen LogP) is 2.95. The topological polar surface area (TPSA) is 43.5 Å². The van der Waals surface area contributed by atoms with E-state index in [0.29, 0.717) is 13.2 Å². The minimum atomic E-state index is -0.0959. The maximum Gasteiger partial charge on any atom is 0.115 e. The Bertz CT molecular complexity index is 565. The summed E-state index contributed by atoms with van der Waals surface area (Å²) in [5.74, 6) is 0. The zero-order chi connectivity index (χ0) is 16.2. The van der Waals surface area contributed by atoms with Gasteiger partial charge in [0.15, 0.2) is 0 Å². The van der Waals surface area contributed by atoms with E-state index < -0.39 is 0 Å². The van der Waals surface area contributed by atoms with Crippen LogP contribution in [0.25, 0.3) is 0 Å². The first-order valence-electron chi connectivity index (χ1n) is 8.44. The van der Waals surface area contributed by atoms with E-state index in [4.69, 9.17) is 18.9 Å². The second kappa shape index (κ2) is 7.45. The van der Waals surface area contributed by atoms with Gasteiger partial charge >= 0.3 is 0 Å². The molecule has 126 valence electrons. The number of rotatable bonds is 9. The lowest BCUT2D eigenvalue weighted by Gasteiger charge is -2.25. The number of hydrogen-bond acceptors (Lipinski definition) is 4. The molecule has 4 heteroatoms. The summed E-state index contributed by atoms with van der Waals surface area (Å²) in [6.45, 7) is 2.58. The monoisotopic (exact) mass is 326 g/mol. The quantitative estimate of drug-likeness (QED) is 0.665. The molecular weight excluding hydrogens is 304 g/mol. The lowest BCUT2D eigenvalue weighted by molar-refractivity contribution is -0.104. The van der Waals surface area contributed by atoms with Crippen molar-refractivity contribution in [3.8, 4) is 0 Å². The van der Waals surface area contributed by atoms with E-state index in [1.807, 2.05) is 36.4 Å². The first-order chi connectivity index (χ1) is 11.9. The number of benzene rings is 2. The van der Waals surface area contributed by atoms with Crippen LogP contribution in [0.5, 0.6) is 0 Å². The minimum Gasteiger partial charge on any atom is -0.370 e. The molecule has 24 heavy (non-hydrogen) atoms. The summed E-state index contributed by atoms with van der Waals surface area (Å²) < 4.78 is 23.4. The van der Waals surface area contributed by atoms with Crippen molar-refractivity contribution in [3.05, 3.63) is 71.8 Å². The van der Waals surface area contributed by atoms with Gasteiger partial charge in [-0.1, -0.05) is 60.7 Å². The number of ether oxygens (including phenoxy) is 4. The molecule has 0 unspecified atom stereocenters. The van der Waals surface area contributed by atoms with Crippen LogP contribution in [0.4, 0.5) is 0 Å². The highest BCUT2D eigenvalue weighted by molar-refractivity contribution is 5.14. The molecule has 0 bridgehead atoms. The van der Waals surface area contributed by atoms with Gasteiger partial charge in [0, 0.05) is 0 Å². The van der Waals surface area contributed by atoms with Gasteiger partial charge in [0.2, 0.25) is 0 Å². The molecule has 2 aromatic rings. The average Bonchev–Trinajstić information content (AvgIpc) is 3.52. The van der Waals surface area contributed by atoms with Gasteiger partial charge in [-0.3, -0.25) is 0 Å². The van der Waals surface area contributed by atoms with Gasteiger partial charge in [0.25, 0.3) is 0 Å². The van der Waals surface area contributed by atoms with Crippen molar-refractivity contribution in [2.75, 3.05) is 13.2 Å². The fraction of sp³-hybridized carbons (Fsp3) is 0.400. The molecule has 0 saturated carbocycles. The molecule has 0 N–H and O–H groups in total. The molecule has 4 atom stereocenters. The van der Waals surface area contributed by atoms with Gasteiger partial charge in [-0.05, 0) is 11.1 Å². The van der Waals surface area contributed by atoms with Crippen molar-refractivity contribution in [3.63, 3.8) is 0 Å². The van der Waals surface area contributed by atoms with E-state index in [1.54, 1.807) is 0 Å². The lowest BCUT2D eigenvalue weighted by atomic mass is 10.1. The van der Waals surface area contributed by atoms with Crippen molar-refractivity contribution >= 4 is 0 Å². The molecule has 0 aromatic heterocycles. The van der Waals surface area contributed by atoms with Gasteiger partial charge in [-0.2, -0.15) is 0 Å².